The summed E-state index contributed by atoms with van der Waals surface area (Å²) in [5.41, 5.74) is 0.483. The fraction of sp³-hybridized carbons (Fsp3) is 0.444. The maximum absolute atomic E-state index is 12.5. The highest BCUT2D eigenvalue weighted by Gasteiger charge is 2.50. The topological polar surface area (TPSA) is 40.6 Å². The molecule has 1 aromatic carbocycles. The lowest BCUT2D eigenvalue weighted by molar-refractivity contribution is -0.189. The first-order chi connectivity index (χ1) is 12.2. The van der Waals surface area contributed by atoms with Gasteiger partial charge in [-0.1, -0.05) is 17.5 Å². The van der Waals surface area contributed by atoms with E-state index >= 15 is 0 Å². The third-order valence-electron chi connectivity index (χ3n) is 4.85. The van der Waals surface area contributed by atoms with Crippen LogP contribution in [0.4, 0.5) is 13.2 Å². The van der Waals surface area contributed by atoms with E-state index in [1.54, 1.807) is 29.2 Å². The predicted molar refractivity (Wildman–Crippen MR) is 89.2 cm³/mol. The van der Waals surface area contributed by atoms with Crippen LogP contribution in [0.15, 0.2) is 24.3 Å². The van der Waals surface area contributed by atoms with Crippen molar-refractivity contribution < 1.29 is 22.8 Å². The number of benzene rings is 1. The van der Waals surface area contributed by atoms with Crippen molar-refractivity contribution in [3.63, 3.8) is 0 Å². The van der Waals surface area contributed by atoms with E-state index in [1.807, 2.05) is 0 Å². The molecule has 2 heterocycles. The van der Waals surface area contributed by atoms with Crippen LogP contribution >= 0.6 is 11.6 Å². The second-order valence-electron chi connectivity index (χ2n) is 6.71. The molecule has 0 radical (unpaired) electrons. The molecule has 0 aliphatic carbocycles. The molecule has 1 spiro atoms. The molecule has 2 aliphatic heterocycles. The van der Waals surface area contributed by atoms with Gasteiger partial charge in [-0.25, -0.2) is 0 Å². The molecular formula is C18H16ClF3N2O2. The average Bonchev–Trinajstić information content (AvgIpc) is 2.57. The minimum absolute atomic E-state index is 0.0663. The van der Waals surface area contributed by atoms with Crippen LogP contribution < -0.4 is 0 Å². The van der Waals surface area contributed by atoms with Gasteiger partial charge in [0.2, 0.25) is 0 Å². The number of rotatable bonds is 0. The Hall–Kier alpha value is -2.20. The molecule has 0 aromatic heterocycles. The van der Waals surface area contributed by atoms with Gasteiger partial charge in [0.15, 0.2) is 0 Å². The maximum atomic E-state index is 12.5. The Labute approximate surface area is 153 Å². The Balaban J connectivity index is 1.51. The fourth-order valence-corrected chi connectivity index (χ4v) is 3.45. The summed E-state index contributed by atoms with van der Waals surface area (Å²) in [5, 5.41) is 0.585. The summed E-state index contributed by atoms with van der Waals surface area (Å²) in [4.78, 5) is 25.8. The van der Waals surface area contributed by atoms with Gasteiger partial charge in [-0.05, 0) is 37.1 Å². The summed E-state index contributed by atoms with van der Waals surface area (Å²) >= 11 is 5.78. The van der Waals surface area contributed by atoms with Gasteiger partial charge in [0.1, 0.15) is 0 Å². The van der Waals surface area contributed by atoms with E-state index in [1.165, 1.54) is 0 Å². The molecule has 2 aliphatic rings. The van der Waals surface area contributed by atoms with Gasteiger partial charge in [-0.2, -0.15) is 13.2 Å². The summed E-state index contributed by atoms with van der Waals surface area (Å²) in [6.45, 7) is 1.07. The first kappa shape index (κ1) is 18.6. The molecule has 2 amide bonds. The van der Waals surface area contributed by atoms with Crippen molar-refractivity contribution in [2.75, 3.05) is 26.2 Å². The van der Waals surface area contributed by atoms with Crippen LogP contribution in [0, 0.1) is 17.3 Å². The highest BCUT2D eigenvalue weighted by atomic mass is 35.5. The third-order valence-corrected chi connectivity index (χ3v) is 5.10. The highest BCUT2D eigenvalue weighted by molar-refractivity contribution is 6.30. The molecule has 0 saturated carbocycles. The van der Waals surface area contributed by atoms with E-state index < -0.39 is 12.1 Å². The Bertz CT molecular complexity index is 764. The molecular weight excluding hydrogens is 369 g/mol. The quantitative estimate of drug-likeness (QED) is 0.645. The van der Waals surface area contributed by atoms with Crippen molar-refractivity contribution in [1.82, 2.24) is 9.80 Å². The minimum Gasteiger partial charge on any atom is -0.335 e. The molecule has 0 bridgehead atoms. The molecule has 3 rings (SSSR count). The van der Waals surface area contributed by atoms with Crippen LogP contribution in [0.2, 0.25) is 5.02 Å². The molecule has 8 heteroatoms. The van der Waals surface area contributed by atoms with Gasteiger partial charge in [-0.3, -0.25) is 9.59 Å². The normalized spacial score (nSPS) is 18.8. The molecule has 4 nitrogen and oxygen atoms in total. The smallest absolute Gasteiger partial charge is 0.335 e. The van der Waals surface area contributed by atoms with E-state index in [4.69, 9.17) is 11.6 Å². The Morgan fingerprint density at radius 3 is 2.15 bits per heavy atom. The molecule has 0 unspecified atom stereocenters. The molecule has 0 atom stereocenters. The number of likely N-dealkylation sites (tertiary alicyclic amines) is 2. The fourth-order valence-electron chi connectivity index (χ4n) is 3.32. The average molecular weight is 385 g/mol. The molecule has 138 valence electrons. The van der Waals surface area contributed by atoms with Gasteiger partial charge < -0.3 is 9.80 Å². The second kappa shape index (κ2) is 6.84. The van der Waals surface area contributed by atoms with Gasteiger partial charge in [-0.15, -0.1) is 0 Å². The van der Waals surface area contributed by atoms with E-state index in [2.05, 4.69) is 11.8 Å². The van der Waals surface area contributed by atoms with Crippen LogP contribution in [0.25, 0.3) is 0 Å². The minimum atomic E-state index is -4.83. The zero-order valence-corrected chi connectivity index (χ0v) is 14.5. The van der Waals surface area contributed by atoms with Gasteiger partial charge in [0.05, 0.1) is 0 Å². The number of hydrogen-bond acceptors (Lipinski definition) is 2. The van der Waals surface area contributed by atoms with Crippen molar-refractivity contribution in [3.05, 3.63) is 34.9 Å². The molecule has 26 heavy (non-hydrogen) atoms. The Morgan fingerprint density at radius 1 is 1.04 bits per heavy atom. The largest absolute Gasteiger partial charge is 0.471 e. The summed E-state index contributed by atoms with van der Waals surface area (Å²) in [7, 11) is 0. The zero-order chi connectivity index (χ0) is 18.9. The van der Waals surface area contributed by atoms with Crippen molar-refractivity contribution >= 4 is 23.4 Å². The van der Waals surface area contributed by atoms with Crippen LogP contribution in [0.5, 0.6) is 0 Å². The van der Waals surface area contributed by atoms with Crippen molar-refractivity contribution in [2.24, 2.45) is 5.41 Å². The highest BCUT2D eigenvalue weighted by Crippen LogP contribution is 2.41. The van der Waals surface area contributed by atoms with Crippen LogP contribution in [0.3, 0.4) is 0 Å². The van der Waals surface area contributed by atoms with Crippen molar-refractivity contribution in [3.8, 4) is 11.8 Å². The number of carbonyl (C=O) groups excluding carboxylic acids is 2. The SMILES string of the molecule is O=C(C#Cc1ccc(Cl)cc1)N1CC2(CCN(C(=O)C(F)(F)F)CC2)C1. The van der Waals surface area contributed by atoms with Gasteiger partial charge in [0, 0.05) is 48.1 Å². The molecule has 0 N–H and O–H groups in total. The first-order valence-corrected chi connectivity index (χ1v) is 8.49. The Morgan fingerprint density at radius 2 is 1.62 bits per heavy atom. The zero-order valence-electron chi connectivity index (χ0n) is 13.8. The van der Waals surface area contributed by atoms with Crippen molar-refractivity contribution in [1.29, 1.82) is 0 Å². The summed E-state index contributed by atoms with van der Waals surface area (Å²) < 4.78 is 37.4. The number of piperidine rings is 1. The van der Waals surface area contributed by atoms with E-state index in [0.717, 1.165) is 4.90 Å². The van der Waals surface area contributed by atoms with E-state index in [9.17, 15) is 22.8 Å². The van der Waals surface area contributed by atoms with E-state index in [-0.39, 0.29) is 24.4 Å². The number of hydrogen-bond donors (Lipinski definition) is 0. The van der Waals surface area contributed by atoms with Crippen LogP contribution in [-0.2, 0) is 9.59 Å². The number of nitrogens with zero attached hydrogens (tertiary/aromatic N) is 2. The number of halogens is 4. The lowest BCUT2D eigenvalue weighted by Crippen LogP contribution is -2.62. The lowest BCUT2D eigenvalue weighted by atomic mass is 9.72. The second-order valence-corrected chi connectivity index (χ2v) is 7.14. The summed E-state index contributed by atoms with van der Waals surface area (Å²) in [6, 6.07) is 6.80. The third kappa shape index (κ3) is 3.96. The predicted octanol–water partition coefficient (Wildman–Crippen LogP) is 2.70. The van der Waals surface area contributed by atoms with Gasteiger partial charge >= 0.3 is 12.1 Å². The number of carbonyl (C=O) groups is 2. The Kier molecular flexibility index (Phi) is 4.89. The van der Waals surface area contributed by atoms with Crippen molar-refractivity contribution in [2.45, 2.75) is 19.0 Å². The number of amides is 2. The first-order valence-electron chi connectivity index (χ1n) is 8.11. The van der Waals surface area contributed by atoms with Crippen LogP contribution in [-0.4, -0.2) is 54.0 Å². The summed E-state index contributed by atoms with van der Waals surface area (Å²) in [6.07, 6.45) is -3.91. The monoisotopic (exact) mass is 384 g/mol. The number of alkyl halides is 3. The molecule has 2 saturated heterocycles. The van der Waals surface area contributed by atoms with Gasteiger partial charge in [0.25, 0.3) is 5.91 Å². The van der Waals surface area contributed by atoms with E-state index in [0.29, 0.717) is 36.5 Å². The molecule has 2 fully saturated rings. The molecule has 1 aromatic rings. The maximum Gasteiger partial charge on any atom is 0.471 e. The standard InChI is InChI=1S/C18H16ClF3N2O2/c19-14-4-1-13(2-5-14)3-6-15(25)24-11-17(12-24)7-9-23(10-8-17)16(26)18(20,21)22/h1-2,4-5H,7-12H2. The lowest BCUT2D eigenvalue weighted by Gasteiger charge is -2.53. The van der Waals surface area contributed by atoms with Crippen LogP contribution in [0.1, 0.15) is 18.4 Å². The summed E-state index contributed by atoms with van der Waals surface area (Å²) in [5.74, 6) is 3.25.